The number of aromatic nitrogens is 3. The van der Waals surface area contributed by atoms with Crippen LogP contribution in [0, 0.1) is 11.6 Å². The molecule has 1 amide bonds. The van der Waals surface area contributed by atoms with E-state index in [-0.39, 0.29) is 11.4 Å². The molecule has 0 saturated heterocycles. The van der Waals surface area contributed by atoms with Crippen LogP contribution in [0.25, 0.3) is 11.4 Å². The molecule has 0 bridgehead atoms. The van der Waals surface area contributed by atoms with Crippen LogP contribution in [0.5, 0.6) is 0 Å². The minimum absolute atomic E-state index is 0.0498. The van der Waals surface area contributed by atoms with Gasteiger partial charge in [-0.15, -0.1) is 16.8 Å². The first kappa shape index (κ1) is 20.0. The number of nitrogens with zero attached hydrogens (tertiary/aromatic N) is 3. The Bertz CT molecular complexity index is 1010. The summed E-state index contributed by atoms with van der Waals surface area (Å²) in [6.07, 6.45) is 1.69. The molecule has 0 atom stereocenters. The zero-order valence-electron chi connectivity index (χ0n) is 14.5. The first-order chi connectivity index (χ1) is 13.5. The molecule has 144 valence electrons. The zero-order chi connectivity index (χ0) is 20.1. The van der Waals surface area contributed by atoms with Gasteiger partial charge in [0.2, 0.25) is 5.91 Å². The number of halogens is 3. The van der Waals surface area contributed by atoms with E-state index < -0.39 is 17.5 Å². The molecule has 0 spiro atoms. The predicted octanol–water partition coefficient (Wildman–Crippen LogP) is 4.79. The smallest absolute Gasteiger partial charge is 0.234 e. The second kappa shape index (κ2) is 8.99. The maximum Gasteiger partial charge on any atom is 0.234 e. The van der Waals surface area contributed by atoms with Crippen LogP contribution in [0.4, 0.5) is 14.5 Å². The number of hydrogen-bond acceptors (Lipinski definition) is 4. The van der Waals surface area contributed by atoms with Gasteiger partial charge >= 0.3 is 0 Å². The number of carbonyl (C=O) groups excluding carboxylic acids is 1. The number of carbonyl (C=O) groups is 1. The average Bonchev–Trinajstić information content (AvgIpc) is 3.07. The summed E-state index contributed by atoms with van der Waals surface area (Å²) in [6.45, 7) is 4.17. The van der Waals surface area contributed by atoms with Gasteiger partial charge in [-0.2, -0.15) is 0 Å². The first-order valence-electron chi connectivity index (χ1n) is 8.15. The van der Waals surface area contributed by atoms with Gasteiger partial charge in [0.05, 0.1) is 11.4 Å². The van der Waals surface area contributed by atoms with Crippen molar-refractivity contribution in [1.82, 2.24) is 14.8 Å². The molecule has 1 heterocycles. The second-order valence-electron chi connectivity index (χ2n) is 5.67. The van der Waals surface area contributed by atoms with Gasteiger partial charge < -0.3 is 5.32 Å². The summed E-state index contributed by atoms with van der Waals surface area (Å²) in [5, 5.41) is 11.8. The molecule has 0 saturated carbocycles. The minimum atomic E-state index is -0.709. The fraction of sp³-hybridized carbons (Fsp3) is 0.105. The number of benzene rings is 2. The number of allylic oxidation sites excluding steroid dienone is 1. The van der Waals surface area contributed by atoms with E-state index in [1.165, 1.54) is 0 Å². The number of anilines is 1. The van der Waals surface area contributed by atoms with Crippen molar-refractivity contribution in [3.05, 3.63) is 71.8 Å². The molecule has 2 aromatic carbocycles. The highest BCUT2D eigenvalue weighted by Crippen LogP contribution is 2.25. The molecule has 0 aliphatic rings. The van der Waals surface area contributed by atoms with Crippen molar-refractivity contribution < 1.29 is 13.6 Å². The van der Waals surface area contributed by atoms with Crippen LogP contribution in [0.3, 0.4) is 0 Å². The molecule has 28 heavy (non-hydrogen) atoms. The van der Waals surface area contributed by atoms with Crippen molar-refractivity contribution in [3.8, 4) is 11.4 Å². The Kier molecular flexibility index (Phi) is 6.43. The summed E-state index contributed by atoms with van der Waals surface area (Å²) < 4.78 is 28.7. The largest absolute Gasteiger partial charge is 0.323 e. The summed E-state index contributed by atoms with van der Waals surface area (Å²) in [7, 11) is 0. The van der Waals surface area contributed by atoms with E-state index in [9.17, 15) is 13.6 Å². The van der Waals surface area contributed by atoms with Crippen molar-refractivity contribution in [2.75, 3.05) is 11.1 Å². The number of rotatable bonds is 7. The minimum Gasteiger partial charge on any atom is -0.323 e. The summed E-state index contributed by atoms with van der Waals surface area (Å²) >= 11 is 7.05. The van der Waals surface area contributed by atoms with Gasteiger partial charge in [-0.25, -0.2) is 8.78 Å². The maximum atomic E-state index is 13.6. The van der Waals surface area contributed by atoms with Crippen LogP contribution in [-0.4, -0.2) is 26.4 Å². The maximum absolute atomic E-state index is 13.6. The van der Waals surface area contributed by atoms with Crippen molar-refractivity contribution in [2.24, 2.45) is 0 Å². The molecule has 1 aromatic heterocycles. The Labute approximate surface area is 169 Å². The van der Waals surface area contributed by atoms with Crippen LogP contribution >= 0.6 is 23.4 Å². The van der Waals surface area contributed by atoms with Gasteiger partial charge in [-0.1, -0.05) is 29.4 Å². The molecule has 3 rings (SSSR count). The summed E-state index contributed by atoms with van der Waals surface area (Å²) in [5.74, 6) is -1.28. The average molecular weight is 421 g/mol. The topological polar surface area (TPSA) is 59.8 Å². The van der Waals surface area contributed by atoms with Crippen LogP contribution in [0.1, 0.15) is 0 Å². The third-order valence-corrected chi connectivity index (χ3v) is 4.88. The highest BCUT2D eigenvalue weighted by atomic mass is 35.5. The molecule has 0 fully saturated rings. The second-order valence-corrected chi connectivity index (χ2v) is 7.05. The van der Waals surface area contributed by atoms with Crippen LogP contribution in [-0.2, 0) is 11.3 Å². The van der Waals surface area contributed by atoms with Crippen LogP contribution < -0.4 is 5.32 Å². The first-order valence-corrected chi connectivity index (χ1v) is 9.52. The SMILES string of the molecule is C=CCn1c(SCC(=O)Nc2cc(F)ccc2F)nnc1-c1ccc(Cl)cc1. The Morgan fingerprint density at radius 2 is 1.96 bits per heavy atom. The lowest BCUT2D eigenvalue weighted by atomic mass is 10.2. The summed E-state index contributed by atoms with van der Waals surface area (Å²) in [5.41, 5.74) is 0.608. The van der Waals surface area contributed by atoms with Crippen molar-refractivity contribution >= 4 is 35.0 Å². The van der Waals surface area contributed by atoms with Gasteiger partial charge in [0.1, 0.15) is 11.6 Å². The fourth-order valence-corrected chi connectivity index (χ4v) is 3.29. The molecule has 3 aromatic rings. The molecule has 5 nitrogen and oxygen atoms in total. The number of nitrogens with one attached hydrogen (secondary N) is 1. The van der Waals surface area contributed by atoms with Crippen LogP contribution in [0.15, 0.2) is 60.3 Å². The monoisotopic (exact) mass is 420 g/mol. The zero-order valence-corrected chi connectivity index (χ0v) is 16.1. The predicted molar refractivity (Wildman–Crippen MR) is 106 cm³/mol. The van der Waals surface area contributed by atoms with Gasteiger partial charge in [0.15, 0.2) is 11.0 Å². The van der Waals surface area contributed by atoms with Crippen LogP contribution in [0.2, 0.25) is 5.02 Å². The number of hydrogen-bond donors (Lipinski definition) is 1. The van der Waals surface area contributed by atoms with Crippen molar-refractivity contribution in [2.45, 2.75) is 11.7 Å². The van der Waals surface area contributed by atoms with Gasteiger partial charge in [-0.3, -0.25) is 9.36 Å². The van der Waals surface area contributed by atoms with E-state index in [0.29, 0.717) is 22.5 Å². The van der Waals surface area contributed by atoms with E-state index in [0.717, 1.165) is 35.5 Å². The molecular weight excluding hydrogens is 406 g/mol. The molecule has 0 unspecified atom stereocenters. The Morgan fingerprint density at radius 1 is 1.21 bits per heavy atom. The lowest BCUT2D eigenvalue weighted by Crippen LogP contribution is -2.15. The van der Waals surface area contributed by atoms with Crippen molar-refractivity contribution in [3.63, 3.8) is 0 Å². The Balaban J connectivity index is 1.73. The van der Waals surface area contributed by atoms with Gasteiger partial charge in [0, 0.05) is 23.2 Å². The third-order valence-electron chi connectivity index (χ3n) is 3.67. The summed E-state index contributed by atoms with van der Waals surface area (Å²) in [6, 6.07) is 10.00. The Morgan fingerprint density at radius 3 is 2.68 bits per heavy atom. The van der Waals surface area contributed by atoms with Gasteiger partial charge in [-0.05, 0) is 36.4 Å². The molecule has 0 aliphatic heterocycles. The summed E-state index contributed by atoms with van der Waals surface area (Å²) in [4.78, 5) is 12.1. The lowest BCUT2D eigenvalue weighted by molar-refractivity contribution is -0.113. The molecule has 0 radical (unpaired) electrons. The number of amides is 1. The van der Waals surface area contributed by atoms with E-state index in [4.69, 9.17) is 11.6 Å². The van der Waals surface area contributed by atoms with E-state index in [1.54, 1.807) is 22.8 Å². The molecule has 9 heteroatoms. The standard InChI is InChI=1S/C19H15ClF2N4OS/c1-2-9-26-18(12-3-5-13(20)6-4-12)24-25-19(26)28-11-17(27)23-16-10-14(21)7-8-15(16)22/h2-8,10H,1,9,11H2,(H,23,27). The highest BCUT2D eigenvalue weighted by Gasteiger charge is 2.16. The molecular formula is C19H15ClF2N4OS. The van der Waals surface area contributed by atoms with Gasteiger partial charge in [0.25, 0.3) is 0 Å². The van der Waals surface area contributed by atoms with Crippen molar-refractivity contribution in [1.29, 1.82) is 0 Å². The highest BCUT2D eigenvalue weighted by molar-refractivity contribution is 7.99. The Hall–Kier alpha value is -2.71. The number of thioether (sulfide) groups is 1. The normalized spacial score (nSPS) is 10.7. The molecule has 0 aliphatic carbocycles. The van der Waals surface area contributed by atoms with E-state index in [2.05, 4.69) is 22.1 Å². The third kappa shape index (κ3) is 4.76. The van der Waals surface area contributed by atoms with E-state index >= 15 is 0 Å². The lowest BCUT2D eigenvalue weighted by Gasteiger charge is -2.09. The quantitative estimate of drug-likeness (QED) is 0.441. The molecule has 1 N–H and O–H groups in total. The van der Waals surface area contributed by atoms with E-state index in [1.807, 2.05) is 12.1 Å². The fourth-order valence-electron chi connectivity index (χ4n) is 2.41.